The summed E-state index contributed by atoms with van der Waals surface area (Å²) in [6.45, 7) is 3.21. The van der Waals surface area contributed by atoms with E-state index < -0.39 is 4.92 Å². The van der Waals surface area contributed by atoms with Crippen molar-refractivity contribution in [1.82, 2.24) is 14.5 Å². The number of benzene rings is 1. The number of hydrogen-bond donors (Lipinski definition) is 0. The normalized spacial score (nSPS) is 15.1. The smallest absolute Gasteiger partial charge is 0.288 e. The largest absolute Gasteiger partial charge is 0.333 e. The molecular weight excluding hydrogens is 280 g/mol. The zero-order valence-corrected chi connectivity index (χ0v) is 11.5. The Morgan fingerprint density at radius 3 is 3.05 bits per heavy atom. The van der Waals surface area contributed by atoms with Crippen LogP contribution in [0, 0.1) is 10.1 Å². The van der Waals surface area contributed by atoms with Gasteiger partial charge in [0.05, 0.1) is 11.5 Å². The molecule has 0 N–H and O–H groups in total. The number of aromatic nitrogens is 2. The third-order valence-electron chi connectivity index (χ3n) is 3.44. The van der Waals surface area contributed by atoms with Crippen LogP contribution in [0.2, 0.25) is 5.02 Å². The SMILES string of the molecule is O=[N+]([O-])c1cc(CN2CCn3ccnc3C2)ccc1Cl. The fourth-order valence-electron chi connectivity index (χ4n) is 2.41. The second-order valence-corrected chi connectivity index (χ2v) is 5.20. The van der Waals surface area contributed by atoms with Gasteiger partial charge < -0.3 is 4.57 Å². The highest BCUT2D eigenvalue weighted by atomic mass is 35.5. The second-order valence-electron chi connectivity index (χ2n) is 4.79. The van der Waals surface area contributed by atoms with Crippen LogP contribution >= 0.6 is 11.6 Å². The van der Waals surface area contributed by atoms with E-state index in [-0.39, 0.29) is 10.7 Å². The number of fused-ring (bicyclic) bond motifs is 1. The summed E-state index contributed by atoms with van der Waals surface area (Å²) in [5, 5.41) is 11.1. The predicted octanol–water partition coefficient (Wildman–Crippen LogP) is 2.46. The minimum Gasteiger partial charge on any atom is -0.333 e. The Kier molecular flexibility index (Phi) is 3.42. The minimum absolute atomic E-state index is 0.0392. The third-order valence-corrected chi connectivity index (χ3v) is 3.76. The molecule has 0 radical (unpaired) electrons. The van der Waals surface area contributed by atoms with Gasteiger partial charge in [0.2, 0.25) is 0 Å². The average molecular weight is 293 g/mol. The van der Waals surface area contributed by atoms with Gasteiger partial charge in [0.1, 0.15) is 10.8 Å². The maximum atomic E-state index is 10.9. The molecule has 0 saturated heterocycles. The molecule has 104 valence electrons. The fourth-order valence-corrected chi connectivity index (χ4v) is 2.60. The van der Waals surface area contributed by atoms with Crippen molar-refractivity contribution in [2.45, 2.75) is 19.6 Å². The van der Waals surface area contributed by atoms with Gasteiger partial charge in [-0.25, -0.2) is 4.98 Å². The molecule has 2 heterocycles. The highest BCUT2D eigenvalue weighted by Gasteiger charge is 2.18. The zero-order valence-electron chi connectivity index (χ0n) is 10.7. The van der Waals surface area contributed by atoms with Crippen LogP contribution in [0.1, 0.15) is 11.4 Å². The van der Waals surface area contributed by atoms with Crippen LogP contribution in [0.15, 0.2) is 30.6 Å². The van der Waals surface area contributed by atoms with Gasteiger partial charge in [0.25, 0.3) is 5.69 Å². The second kappa shape index (κ2) is 5.22. The van der Waals surface area contributed by atoms with Gasteiger partial charge in [-0.15, -0.1) is 0 Å². The van der Waals surface area contributed by atoms with E-state index in [2.05, 4.69) is 14.5 Å². The molecule has 20 heavy (non-hydrogen) atoms. The van der Waals surface area contributed by atoms with Crippen molar-refractivity contribution >= 4 is 17.3 Å². The lowest BCUT2D eigenvalue weighted by atomic mass is 10.2. The van der Waals surface area contributed by atoms with Crippen LogP contribution in [0.4, 0.5) is 5.69 Å². The maximum absolute atomic E-state index is 10.9. The first kappa shape index (κ1) is 13.1. The molecule has 0 bridgehead atoms. The van der Waals surface area contributed by atoms with Crippen LogP contribution in [-0.4, -0.2) is 25.9 Å². The number of imidazole rings is 1. The number of rotatable bonds is 3. The van der Waals surface area contributed by atoms with Gasteiger partial charge in [-0.1, -0.05) is 17.7 Å². The molecule has 7 heteroatoms. The van der Waals surface area contributed by atoms with E-state index in [1.54, 1.807) is 18.3 Å². The van der Waals surface area contributed by atoms with Gasteiger partial charge in [-0.3, -0.25) is 15.0 Å². The topological polar surface area (TPSA) is 64.2 Å². The predicted molar refractivity (Wildman–Crippen MR) is 74.4 cm³/mol. The minimum atomic E-state index is -0.450. The molecule has 2 aromatic rings. The lowest BCUT2D eigenvalue weighted by molar-refractivity contribution is -0.384. The van der Waals surface area contributed by atoms with E-state index in [4.69, 9.17) is 11.6 Å². The lowest BCUT2D eigenvalue weighted by Crippen LogP contribution is -2.33. The maximum Gasteiger partial charge on any atom is 0.288 e. The summed E-state index contributed by atoms with van der Waals surface area (Å²) in [5.41, 5.74) is 0.851. The molecule has 6 nitrogen and oxygen atoms in total. The van der Waals surface area contributed by atoms with Gasteiger partial charge in [0.15, 0.2) is 0 Å². The van der Waals surface area contributed by atoms with Crippen LogP contribution in [-0.2, 0) is 19.6 Å². The molecular formula is C13H13ClN4O2. The van der Waals surface area contributed by atoms with Crippen molar-refractivity contribution in [2.75, 3.05) is 6.54 Å². The Morgan fingerprint density at radius 1 is 1.40 bits per heavy atom. The van der Waals surface area contributed by atoms with Crippen molar-refractivity contribution in [2.24, 2.45) is 0 Å². The molecule has 0 spiro atoms. The lowest BCUT2D eigenvalue weighted by Gasteiger charge is -2.27. The number of halogens is 1. The van der Waals surface area contributed by atoms with Crippen LogP contribution in [0.5, 0.6) is 0 Å². The molecule has 1 aromatic heterocycles. The van der Waals surface area contributed by atoms with Gasteiger partial charge in [-0.05, 0) is 11.6 Å². The van der Waals surface area contributed by atoms with Gasteiger partial charge in [-0.2, -0.15) is 0 Å². The van der Waals surface area contributed by atoms with E-state index in [9.17, 15) is 10.1 Å². The molecule has 1 aliphatic rings. The first-order chi connectivity index (χ1) is 9.63. The number of nitro benzene ring substituents is 1. The molecule has 0 amide bonds. The summed E-state index contributed by atoms with van der Waals surface area (Å²) in [6, 6.07) is 4.96. The molecule has 0 unspecified atom stereocenters. The Labute approximate surface area is 120 Å². The zero-order chi connectivity index (χ0) is 14.1. The Bertz CT molecular complexity index is 656. The standard InChI is InChI=1S/C13H13ClN4O2/c14-11-2-1-10(7-12(11)18(19)20)8-16-5-6-17-4-3-15-13(17)9-16/h1-4,7H,5-6,8-9H2. The molecule has 3 rings (SSSR count). The number of hydrogen-bond acceptors (Lipinski definition) is 4. The Morgan fingerprint density at radius 2 is 2.25 bits per heavy atom. The quantitative estimate of drug-likeness (QED) is 0.644. The molecule has 1 aliphatic heterocycles. The molecule has 1 aromatic carbocycles. The summed E-state index contributed by atoms with van der Waals surface area (Å²) in [5.74, 6) is 1.03. The molecule has 0 aliphatic carbocycles. The monoisotopic (exact) mass is 292 g/mol. The van der Waals surface area contributed by atoms with Gasteiger partial charge in [0, 0.05) is 38.1 Å². The number of nitrogens with zero attached hydrogens (tertiary/aromatic N) is 4. The summed E-state index contributed by atoms with van der Waals surface area (Å²) < 4.78 is 2.13. The Hall–Kier alpha value is -1.92. The number of nitro groups is 1. The van der Waals surface area contributed by atoms with E-state index in [1.807, 2.05) is 12.3 Å². The summed E-state index contributed by atoms with van der Waals surface area (Å²) in [6.07, 6.45) is 3.77. The first-order valence-electron chi connectivity index (χ1n) is 6.28. The first-order valence-corrected chi connectivity index (χ1v) is 6.66. The van der Waals surface area contributed by atoms with Crippen LogP contribution in [0.3, 0.4) is 0 Å². The van der Waals surface area contributed by atoms with Crippen molar-refractivity contribution < 1.29 is 4.92 Å². The van der Waals surface area contributed by atoms with E-state index in [0.29, 0.717) is 6.54 Å². The third kappa shape index (κ3) is 2.52. The van der Waals surface area contributed by atoms with Crippen molar-refractivity contribution in [3.8, 4) is 0 Å². The summed E-state index contributed by atoms with van der Waals surface area (Å²) in [4.78, 5) is 17.0. The molecule has 0 fully saturated rings. The summed E-state index contributed by atoms with van der Waals surface area (Å²) in [7, 11) is 0. The van der Waals surface area contributed by atoms with Crippen molar-refractivity contribution in [1.29, 1.82) is 0 Å². The van der Waals surface area contributed by atoms with E-state index in [1.165, 1.54) is 0 Å². The highest BCUT2D eigenvalue weighted by molar-refractivity contribution is 6.32. The van der Waals surface area contributed by atoms with Gasteiger partial charge >= 0.3 is 0 Å². The summed E-state index contributed by atoms with van der Waals surface area (Å²) >= 11 is 5.82. The average Bonchev–Trinajstić information content (AvgIpc) is 2.88. The van der Waals surface area contributed by atoms with Crippen LogP contribution in [0.25, 0.3) is 0 Å². The van der Waals surface area contributed by atoms with E-state index in [0.717, 1.165) is 31.0 Å². The van der Waals surface area contributed by atoms with Crippen LogP contribution < -0.4 is 0 Å². The van der Waals surface area contributed by atoms with Crippen molar-refractivity contribution in [3.63, 3.8) is 0 Å². The van der Waals surface area contributed by atoms with Crippen molar-refractivity contribution in [3.05, 3.63) is 57.1 Å². The fraction of sp³-hybridized carbons (Fsp3) is 0.308. The highest BCUT2D eigenvalue weighted by Crippen LogP contribution is 2.26. The Balaban J connectivity index is 1.76. The van der Waals surface area contributed by atoms with E-state index >= 15 is 0 Å². The molecule has 0 saturated carbocycles. The molecule has 0 atom stereocenters.